The maximum atomic E-state index is 15.4. The van der Waals surface area contributed by atoms with Crippen molar-refractivity contribution in [1.29, 1.82) is 0 Å². The van der Waals surface area contributed by atoms with Gasteiger partial charge in [0.1, 0.15) is 18.3 Å². The van der Waals surface area contributed by atoms with E-state index in [0.29, 0.717) is 30.1 Å². The number of carbonyl (C=O) groups is 3. The van der Waals surface area contributed by atoms with Gasteiger partial charge in [-0.15, -0.1) is 0 Å². The van der Waals surface area contributed by atoms with Crippen LogP contribution in [0.2, 0.25) is 0 Å². The minimum atomic E-state index is -5.81. The molecule has 0 radical (unpaired) electrons. The van der Waals surface area contributed by atoms with Gasteiger partial charge in [-0.1, -0.05) is 6.92 Å². The number of amides is 1. The van der Waals surface area contributed by atoms with Crippen molar-refractivity contribution >= 4 is 55.7 Å². The molecule has 6 N–H and O–H groups in total. The molecule has 2 aromatic carbocycles. The molecular weight excluding hydrogens is 787 g/mol. The quantitative estimate of drug-likeness (QED) is 0.106. The number of aryl methyl sites for hydroxylation is 1. The number of hydrogen-bond donors (Lipinski definition) is 6. The van der Waals surface area contributed by atoms with Gasteiger partial charge in [-0.3, -0.25) is 18.8 Å². The van der Waals surface area contributed by atoms with Crippen molar-refractivity contribution in [2.24, 2.45) is 0 Å². The van der Waals surface area contributed by atoms with Crippen molar-refractivity contribution in [1.82, 2.24) is 4.57 Å². The first-order valence-corrected chi connectivity index (χ1v) is 20.7. The molecule has 6 rings (SSSR count). The highest BCUT2D eigenvalue weighted by Gasteiger charge is 2.61. The van der Waals surface area contributed by atoms with Crippen molar-refractivity contribution in [2.45, 2.75) is 68.8 Å². The summed E-state index contributed by atoms with van der Waals surface area (Å²) in [6.45, 7) is 1.37. The summed E-state index contributed by atoms with van der Waals surface area (Å²) in [4.78, 5) is 92.5. The number of aromatic nitrogens is 1. The molecule has 1 saturated carbocycles. The molecule has 2 aliphatic heterocycles. The first-order valence-electron chi connectivity index (χ1n) is 17.5. The summed E-state index contributed by atoms with van der Waals surface area (Å²) in [6.07, 6.45) is -0.277. The van der Waals surface area contributed by atoms with Gasteiger partial charge in [0.25, 0.3) is 0 Å². The van der Waals surface area contributed by atoms with Gasteiger partial charge >= 0.3 is 38.5 Å². The smallest absolute Gasteiger partial charge is 0.486 e. The van der Waals surface area contributed by atoms with Crippen LogP contribution in [-0.2, 0) is 29.8 Å². The third kappa shape index (κ3) is 7.87. The molecule has 1 atom stereocenters. The molecule has 3 aromatic rings. The largest absolute Gasteiger partial charge is 0.510 e. The van der Waals surface area contributed by atoms with Crippen LogP contribution in [0.1, 0.15) is 61.5 Å². The fraction of sp³-hybridized carbons (Fsp3) is 0.471. The van der Waals surface area contributed by atoms with Gasteiger partial charge in [-0.25, -0.2) is 18.8 Å². The minimum absolute atomic E-state index is 0.00478. The van der Waals surface area contributed by atoms with E-state index < -0.39 is 74.7 Å². The number of pyridine rings is 1. The van der Waals surface area contributed by atoms with Crippen molar-refractivity contribution in [2.75, 3.05) is 42.6 Å². The predicted molar refractivity (Wildman–Crippen MR) is 194 cm³/mol. The topological polar surface area (TPSA) is 272 Å². The van der Waals surface area contributed by atoms with Crippen LogP contribution in [0.15, 0.2) is 41.3 Å². The second-order valence-corrected chi connectivity index (χ2v) is 18.3. The number of aliphatic hydroxyl groups excluding tert-OH is 1. The molecular formula is C34H40FN3O16P2. The Morgan fingerprint density at radius 3 is 2.25 bits per heavy atom. The van der Waals surface area contributed by atoms with E-state index in [-0.39, 0.29) is 60.9 Å². The van der Waals surface area contributed by atoms with E-state index >= 15 is 4.39 Å². The Labute approximate surface area is 317 Å². The van der Waals surface area contributed by atoms with Gasteiger partial charge in [-0.05, 0) is 56.0 Å². The molecule has 3 fully saturated rings. The summed E-state index contributed by atoms with van der Waals surface area (Å²) in [7, 11) is -11.6. The first kappa shape index (κ1) is 41.1. The van der Waals surface area contributed by atoms with E-state index in [9.17, 15) is 58.1 Å². The zero-order chi connectivity index (χ0) is 41.0. The summed E-state index contributed by atoms with van der Waals surface area (Å²) in [5, 5.41) is 15.7. The number of piperidine rings is 1. The number of aromatic carboxylic acids is 1. The molecule has 1 amide bonds. The van der Waals surface area contributed by atoms with E-state index in [0.717, 1.165) is 23.8 Å². The molecule has 0 unspecified atom stereocenters. The monoisotopic (exact) mass is 827 g/mol. The molecule has 3 heterocycles. The van der Waals surface area contributed by atoms with Crippen molar-refractivity contribution in [3.05, 3.63) is 63.7 Å². The van der Waals surface area contributed by atoms with Gasteiger partial charge in [0, 0.05) is 55.3 Å². The summed E-state index contributed by atoms with van der Waals surface area (Å²) in [5.74, 6) is -2.63. The highest BCUT2D eigenvalue weighted by atomic mass is 31.2. The molecule has 2 saturated heterocycles. The Bertz CT molecular complexity index is 2200. The van der Waals surface area contributed by atoms with E-state index in [2.05, 4.69) is 4.74 Å². The SMILES string of the molecule is CCc1cc2c(=O)c(C(=O)O)cn(C3CC3)c2cc1N1CCC(COc2ccc(N3C[C@H](CO)OC3=O)cc2F)(OC(=O)OC(C)(P(=O)(O)O)P(=O)(O)O)CC1. The van der Waals surface area contributed by atoms with Crippen LogP contribution in [0.25, 0.3) is 10.9 Å². The Hall–Kier alpha value is -4.55. The zero-order valence-corrected chi connectivity index (χ0v) is 31.9. The average Bonchev–Trinajstić information content (AvgIpc) is 3.90. The molecule has 22 heteroatoms. The fourth-order valence-corrected chi connectivity index (χ4v) is 8.45. The first-order chi connectivity index (χ1) is 26.2. The van der Waals surface area contributed by atoms with Gasteiger partial charge in [-0.2, -0.15) is 0 Å². The molecule has 3 aliphatic rings. The van der Waals surface area contributed by atoms with Crippen LogP contribution in [0.4, 0.5) is 25.4 Å². The Morgan fingerprint density at radius 1 is 1.05 bits per heavy atom. The number of rotatable bonds is 13. The van der Waals surface area contributed by atoms with Crippen LogP contribution in [-0.4, -0.2) is 102 Å². The molecule has 0 bridgehead atoms. The van der Waals surface area contributed by atoms with Gasteiger partial charge in [0.15, 0.2) is 17.2 Å². The number of ether oxygens (including phenoxy) is 4. The lowest BCUT2D eigenvalue weighted by atomic mass is 9.90. The Kier molecular flexibility index (Phi) is 11.1. The Morgan fingerprint density at radius 2 is 1.71 bits per heavy atom. The number of carboxylic acid groups (broad SMARTS) is 1. The number of halogens is 1. The number of carbonyl (C=O) groups excluding carboxylic acids is 2. The highest BCUT2D eigenvalue weighted by Crippen LogP contribution is 2.69. The van der Waals surface area contributed by atoms with Crippen molar-refractivity contribution in [3.63, 3.8) is 0 Å². The average molecular weight is 828 g/mol. The fourth-order valence-electron chi connectivity index (χ4n) is 6.70. The van der Waals surface area contributed by atoms with Crippen LogP contribution in [0, 0.1) is 5.82 Å². The van der Waals surface area contributed by atoms with Gasteiger partial charge in [0.05, 0.1) is 24.4 Å². The van der Waals surface area contributed by atoms with E-state index in [4.69, 9.17) is 14.2 Å². The van der Waals surface area contributed by atoms with Crippen LogP contribution in [0.5, 0.6) is 5.75 Å². The second-order valence-electron chi connectivity index (χ2n) is 14.0. The number of aliphatic hydroxyl groups is 1. The van der Waals surface area contributed by atoms with Crippen LogP contribution < -0.4 is 20.0 Å². The maximum absolute atomic E-state index is 15.4. The summed E-state index contributed by atoms with van der Waals surface area (Å²) in [6, 6.07) is 6.98. The molecule has 1 aliphatic carbocycles. The highest BCUT2D eigenvalue weighted by molar-refractivity contribution is 7.72. The molecule has 19 nitrogen and oxygen atoms in total. The number of carboxylic acids is 1. The van der Waals surface area contributed by atoms with E-state index in [1.165, 1.54) is 18.3 Å². The molecule has 0 spiro atoms. The number of anilines is 2. The number of hydrogen-bond acceptors (Lipinski definition) is 12. The van der Waals surface area contributed by atoms with Crippen molar-refractivity contribution in [3.8, 4) is 5.75 Å². The van der Waals surface area contributed by atoms with Gasteiger partial charge in [0.2, 0.25) is 5.43 Å². The predicted octanol–water partition coefficient (Wildman–Crippen LogP) is 3.65. The molecule has 1 aromatic heterocycles. The normalized spacial score (nSPS) is 18.9. The van der Waals surface area contributed by atoms with Gasteiger partial charge < -0.3 is 58.2 Å². The molecule has 304 valence electrons. The third-order valence-corrected chi connectivity index (χ3v) is 14.2. The second kappa shape index (κ2) is 15.1. The standard InChI is InChI=1S/C34H40FN3O16P2/c1-3-19-12-23-27(37(20-4-5-20)16-24(29(23)40)30(41)42)14-26(19)36-10-8-34(9-11-36,54-32(44)53-33(2,55(45,46)47)56(48,49)50)18-51-28-7-6-21(13-25(28)35)38-15-22(17-39)52-31(38)43/h6-7,12-14,16,20,22,39H,3-5,8-11,15,17-18H2,1-2H3,(H,41,42)(H2,45,46,47)(H2,48,49,50)/t22-/m1/s1. The lowest BCUT2D eigenvalue weighted by molar-refractivity contribution is -0.0801. The lowest BCUT2D eigenvalue weighted by Crippen LogP contribution is -2.51. The van der Waals surface area contributed by atoms with E-state index in [1.807, 2.05) is 11.8 Å². The van der Waals surface area contributed by atoms with Crippen LogP contribution >= 0.6 is 15.2 Å². The zero-order valence-electron chi connectivity index (χ0n) is 30.1. The summed E-state index contributed by atoms with van der Waals surface area (Å²) >= 11 is 0. The third-order valence-electron chi connectivity index (χ3n) is 10.3. The number of nitrogens with zero attached hydrogens (tertiary/aromatic N) is 3. The van der Waals surface area contributed by atoms with Crippen molar-refractivity contribution < 1.29 is 76.6 Å². The summed E-state index contributed by atoms with van der Waals surface area (Å²) in [5.41, 5.74) is -0.684. The lowest BCUT2D eigenvalue weighted by Gasteiger charge is -2.42. The number of fused-ring (bicyclic) bond motifs is 1. The van der Waals surface area contributed by atoms with Crippen LogP contribution in [0.3, 0.4) is 0 Å². The molecule has 56 heavy (non-hydrogen) atoms. The minimum Gasteiger partial charge on any atom is -0.486 e. The van der Waals surface area contributed by atoms with E-state index in [1.54, 1.807) is 16.7 Å². The Balaban J connectivity index is 1.29. The number of cyclic esters (lactones) is 1. The maximum Gasteiger partial charge on any atom is 0.510 e. The summed E-state index contributed by atoms with van der Waals surface area (Å²) < 4.78 is 62.5. The number of benzene rings is 2.